The molecule has 0 aliphatic rings. The molecule has 0 saturated heterocycles. The summed E-state index contributed by atoms with van der Waals surface area (Å²) in [5.74, 6) is 0. The van der Waals surface area contributed by atoms with Crippen LogP contribution in [0.2, 0.25) is 5.02 Å². The first-order chi connectivity index (χ1) is 7.65. The number of nitrogens with one attached hydrogen (secondary N) is 1. The molecule has 0 aliphatic heterocycles. The van der Waals surface area contributed by atoms with E-state index in [9.17, 15) is 0 Å². The van der Waals surface area contributed by atoms with Gasteiger partial charge in [-0.1, -0.05) is 11.6 Å². The molecule has 0 radical (unpaired) electrons. The first-order valence-electron chi connectivity index (χ1n) is 5.03. The Labute approximate surface area is 104 Å². The molecular weight excluding hydrogens is 242 g/mol. The zero-order valence-electron chi connectivity index (χ0n) is 9.49. The molecule has 16 heavy (non-hydrogen) atoms. The molecule has 1 N–H and O–H groups in total. The van der Waals surface area contributed by atoms with Gasteiger partial charge in [0.1, 0.15) is 0 Å². The summed E-state index contributed by atoms with van der Waals surface area (Å²) in [4.78, 5) is 1.29. The lowest BCUT2D eigenvalue weighted by atomic mass is 10.1. The normalized spacial score (nSPS) is 13.0. The van der Waals surface area contributed by atoms with Crippen LogP contribution in [0.1, 0.15) is 22.2 Å². The Balaban J connectivity index is 2.49. The summed E-state index contributed by atoms with van der Waals surface area (Å²) in [6, 6.07) is 2.23. The van der Waals surface area contributed by atoms with Crippen molar-refractivity contribution in [2.75, 3.05) is 7.05 Å². The van der Waals surface area contributed by atoms with Crippen LogP contribution in [0.5, 0.6) is 0 Å². The van der Waals surface area contributed by atoms with E-state index in [-0.39, 0.29) is 6.04 Å². The predicted molar refractivity (Wildman–Crippen MR) is 68.2 cm³/mol. The zero-order chi connectivity index (χ0) is 11.7. The van der Waals surface area contributed by atoms with E-state index < -0.39 is 0 Å². The number of aromatic nitrogens is 2. The minimum atomic E-state index is 0.111. The summed E-state index contributed by atoms with van der Waals surface area (Å²) in [5.41, 5.74) is 2.29. The fraction of sp³-hybridized carbons (Fsp3) is 0.364. The fourth-order valence-corrected chi connectivity index (χ4v) is 3.13. The van der Waals surface area contributed by atoms with E-state index in [0.29, 0.717) is 5.02 Å². The average Bonchev–Trinajstić information content (AvgIpc) is 2.80. The molecule has 0 amide bonds. The summed E-state index contributed by atoms with van der Waals surface area (Å²) >= 11 is 7.90. The summed E-state index contributed by atoms with van der Waals surface area (Å²) in [6.07, 6.45) is 1.68. The van der Waals surface area contributed by atoms with Crippen LogP contribution in [0.15, 0.2) is 17.6 Å². The lowest BCUT2D eigenvalue weighted by molar-refractivity contribution is 0.611. The second-order valence-electron chi connectivity index (χ2n) is 3.69. The van der Waals surface area contributed by atoms with Gasteiger partial charge in [-0.05, 0) is 31.0 Å². The van der Waals surface area contributed by atoms with Crippen molar-refractivity contribution < 1.29 is 0 Å². The molecule has 0 aliphatic carbocycles. The van der Waals surface area contributed by atoms with Crippen LogP contribution in [0, 0.1) is 6.92 Å². The van der Waals surface area contributed by atoms with Gasteiger partial charge >= 0.3 is 0 Å². The third kappa shape index (κ3) is 1.88. The zero-order valence-corrected chi connectivity index (χ0v) is 11.1. The van der Waals surface area contributed by atoms with Gasteiger partial charge in [-0.3, -0.25) is 4.68 Å². The first kappa shape index (κ1) is 11.6. The van der Waals surface area contributed by atoms with Crippen molar-refractivity contribution >= 4 is 22.9 Å². The van der Waals surface area contributed by atoms with Crippen LogP contribution in [-0.4, -0.2) is 16.8 Å². The van der Waals surface area contributed by atoms with Crippen molar-refractivity contribution in [3.05, 3.63) is 38.8 Å². The Kier molecular flexibility index (Phi) is 3.33. The number of hydrogen-bond donors (Lipinski definition) is 1. The Bertz CT molecular complexity index is 470. The molecule has 2 heterocycles. The van der Waals surface area contributed by atoms with Gasteiger partial charge in [0.25, 0.3) is 0 Å². The van der Waals surface area contributed by atoms with Gasteiger partial charge in [-0.25, -0.2) is 0 Å². The van der Waals surface area contributed by atoms with E-state index in [1.165, 1.54) is 10.4 Å². The van der Waals surface area contributed by atoms with Gasteiger partial charge in [-0.2, -0.15) is 5.10 Å². The molecule has 3 nitrogen and oxygen atoms in total. The van der Waals surface area contributed by atoms with Crippen LogP contribution in [0.3, 0.4) is 0 Å². The summed E-state index contributed by atoms with van der Waals surface area (Å²) in [6.45, 7) is 2.11. The van der Waals surface area contributed by atoms with Crippen LogP contribution in [0.4, 0.5) is 0 Å². The van der Waals surface area contributed by atoms with Crippen molar-refractivity contribution in [1.82, 2.24) is 15.1 Å². The molecule has 1 atom stereocenters. The molecular formula is C11H14ClN3S. The summed E-state index contributed by atoms with van der Waals surface area (Å²) in [7, 11) is 3.85. The van der Waals surface area contributed by atoms with Crippen molar-refractivity contribution in [1.29, 1.82) is 0 Å². The average molecular weight is 256 g/mol. The van der Waals surface area contributed by atoms with E-state index in [0.717, 1.165) is 5.69 Å². The molecule has 0 aromatic carbocycles. The smallest absolute Gasteiger partial charge is 0.0857 e. The second-order valence-corrected chi connectivity index (χ2v) is 5.05. The predicted octanol–water partition coefficient (Wildman–Crippen LogP) is 2.75. The van der Waals surface area contributed by atoms with Crippen molar-refractivity contribution in [3.8, 4) is 0 Å². The lowest BCUT2D eigenvalue weighted by Gasteiger charge is -2.16. The maximum absolute atomic E-state index is 6.17. The number of hydrogen-bond acceptors (Lipinski definition) is 3. The Morgan fingerprint density at radius 3 is 2.75 bits per heavy atom. The molecule has 0 fully saturated rings. The fourth-order valence-electron chi connectivity index (χ4n) is 1.82. The molecule has 0 saturated carbocycles. The van der Waals surface area contributed by atoms with E-state index in [1.54, 1.807) is 17.5 Å². The third-order valence-electron chi connectivity index (χ3n) is 2.66. The third-order valence-corrected chi connectivity index (χ3v) is 4.04. The highest BCUT2D eigenvalue weighted by Crippen LogP contribution is 2.32. The van der Waals surface area contributed by atoms with Crippen molar-refractivity contribution in [2.45, 2.75) is 13.0 Å². The van der Waals surface area contributed by atoms with Crippen molar-refractivity contribution in [2.24, 2.45) is 7.05 Å². The largest absolute Gasteiger partial charge is 0.307 e. The number of aryl methyl sites for hydroxylation is 2. The van der Waals surface area contributed by atoms with E-state index in [4.69, 9.17) is 11.6 Å². The van der Waals surface area contributed by atoms with Gasteiger partial charge < -0.3 is 5.32 Å². The van der Waals surface area contributed by atoms with Gasteiger partial charge in [-0.15, -0.1) is 11.3 Å². The number of nitrogens with zero attached hydrogens (tertiary/aromatic N) is 2. The molecule has 1 unspecified atom stereocenters. The second kappa shape index (κ2) is 4.57. The first-order valence-corrected chi connectivity index (χ1v) is 6.29. The summed E-state index contributed by atoms with van der Waals surface area (Å²) in [5, 5.41) is 10.3. The van der Waals surface area contributed by atoms with Gasteiger partial charge in [0.05, 0.1) is 23.0 Å². The Morgan fingerprint density at radius 2 is 2.31 bits per heavy atom. The SMILES string of the molecule is CNC(c1sccc1C)c1c(Cl)cnn1C. The molecule has 2 aromatic rings. The van der Waals surface area contributed by atoms with E-state index in [1.807, 2.05) is 18.8 Å². The van der Waals surface area contributed by atoms with Crippen molar-refractivity contribution in [3.63, 3.8) is 0 Å². The molecule has 86 valence electrons. The highest BCUT2D eigenvalue weighted by atomic mass is 35.5. The van der Waals surface area contributed by atoms with Crippen LogP contribution >= 0.6 is 22.9 Å². The maximum atomic E-state index is 6.17. The molecule has 2 aromatic heterocycles. The highest BCUT2D eigenvalue weighted by molar-refractivity contribution is 7.10. The Hall–Kier alpha value is -0.840. The molecule has 0 bridgehead atoms. The van der Waals surface area contributed by atoms with Gasteiger partial charge in [0.2, 0.25) is 0 Å². The maximum Gasteiger partial charge on any atom is 0.0857 e. The highest BCUT2D eigenvalue weighted by Gasteiger charge is 2.21. The summed E-state index contributed by atoms with van der Waals surface area (Å²) < 4.78 is 1.82. The lowest BCUT2D eigenvalue weighted by Crippen LogP contribution is -2.20. The molecule has 0 spiro atoms. The van der Waals surface area contributed by atoms with Crippen LogP contribution in [0.25, 0.3) is 0 Å². The minimum Gasteiger partial charge on any atom is -0.307 e. The van der Waals surface area contributed by atoms with Crippen LogP contribution < -0.4 is 5.32 Å². The number of halogens is 1. The quantitative estimate of drug-likeness (QED) is 0.914. The monoisotopic (exact) mass is 255 g/mol. The topological polar surface area (TPSA) is 29.9 Å². The minimum absolute atomic E-state index is 0.111. The molecule has 2 rings (SSSR count). The number of rotatable bonds is 3. The van der Waals surface area contributed by atoms with E-state index >= 15 is 0 Å². The van der Waals surface area contributed by atoms with Gasteiger partial charge in [0.15, 0.2) is 0 Å². The Morgan fingerprint density at radius 1 is 1.56 bits per heavy atom. The number of thiophene rings is 1. The van der Waals surface area contributed by atoms with Gasteiger partial charge in [0, 0.05) is 11.9 Å². The van der Waals surface area contributed by atoms with Crippen LogP contribution in [-0.2, 0) is 7.05 Å². The van der Waals surface area contributed by atoms with E-state index in [2.05, 4.69) is 28.8 Å². The standard InChI is InChI=1S/C11H14ClN3S/c1-7-4-5-16-11(7)9(13-2)10-8(12)6-14-15(10)3/h4-6,9,13H,1-3H3. The molecule has 5 heteroatoms.